The molecule has 1 rings (SSSR count). The first-order valence-corrected chi connectivity index (χ1v) is 4.58. The number of hydrogen-bond acceptors (Lipinski definition) is 2. The highest BCUT2D eigenvalue weighted by Gasteiger charge is 2.35. The van der Waals surface area contributed by atoms with E-state index in [1.165, 1.54) is 0 Å². The summed E-state index contributed by atoms with van der Waals surface area (Å²) in [6.07, 6.45) is 0.941. The number of rotatable bonds is 3. The van der Waals surface area contributed by atoms with Gasteiger partial charge in [-0.05, 0) is 12.3 Å². The molecule has 0 aromatic heterocycles. The van der Waals surface area contributed by atoms with Crippen LogP contribution in [0, 0.1) is 11.8 Å². The molecule has 3 N–H and O–H groups in total. The zero-order valence-corrected chi connectivity index (χ0v) is 8.00. The van der Waals surface area contributed by atoms with E-state index in [2.05, 4.69) is 19.2 Å². The average Bonchev–Trinajstić information content (AvgIpc) is 2.64. The van der Waals surface area contributed by atoms with E-state index >= 15 is 0 Å². The summed E-state index contributed by atoms with van der Waals surface area (Å²) in [6.45, 7) is 6.06. The van der Waals surface area contributed by atoms with Gasteiger partial charge in [0.2, 0.25) is 5.91 Å². The second-order valence-electron chi connectivity index (χ2n) is 4.05. The van der Waals surface area contributed by atoms with E-state index in [1.54, 1.807) is 0 Å². The van der Waals surface area contributed by atoms with Gasteiger partial charge in [0.05, 0.1) is 0 Å². The lowest BCUT2D eigenvalue weighted by atomic mass is 9.97. The second kappa shape index (κ2) is 3.44. The zero-order chi connectivity index (χ0) is 9.30. The van der Waals surface area contributed by atoms with Crippen LogP contribution in [0.25, 0.3) is 0 Å². The summed E-state index contributed by atoms with van der Waals surface area (Å²) in [5.74, 6) is 0.640. The first-order chi connectivity index (χ1) is 5.52. The molecular formula is C9H18N2O. The van der Waals surface area contributed by atoms with Crippen LogP contribution < -0.4 is 11.1 Å². The van der Waals surface area contributed by atoms with Crippen LogP contribution in [0.5, 0.6) is 0 Å². The molecule has 3 heteroatoms. The van der Waals surface area contributed by atoms with Crippen LogP contribution in [0.3, 0.4) is 0 Å². The number of nitrogens with two attached hydrogens (primary N) is 1. The Kier molecular flexibility index (Phi) is 2.73. The van der Waals surface area contributed by atoms with E-state index in [4.69, 9.17) is 5.73 Å². The molecule has 0 heterocycles. The highest BCUT2D eigenvalue weighted by Crippen LogP contribution is 2.19. The van der Waals surface area contributed by atoms with E-state index in [9.17, 15) is 4.79 Å². The molecule has 1 saturated carbocycles. The fraction of sp³-hybridized carbons (Fsp3) is 0.889. The molecule has 0 bridgehead atoms. The molecule has 0 aromatic carbocycles. The van der Waals surface area contributed by atoms with Crippen molar-refractivity contribution in [3.63, 3.8) is 0 Å². The van der Waals surface area contributed by atoms with E-state index in [-0.39, 0.29) is 23.9 Å². The van der Waals surface area contributed by atoms with Gasteiger partial charge < -0.3 is 11.1 Å². The molecule has 0 aromatic rings. The first kappa shape index (κ1) is 9.52. The summed E-state index contributed by atoms with van der Waals surface area (Å²) in [5.41, 5.74) is 5.58. The number of nitrogens with one attached hydrogen (secondary N) is 1. The van der Waals surface area contributed by atoms with Gasteiger partial charge in [-0.15, -0.1) is 0 Å². The van der Waals surface area contributed by atoms with Gasteiger partial charge in [0, 0.05) is 18.0 Å². The number of hydrogen-bond donors (Lipinski definition) is 2. The van der Waals surface area contributed by atoms with E-state index in [0.717, 1.165) is 6.42 Å². The molecule has 3 nitrogen and oxygen atoms in total. The van der Waals surface area contributed by atoms with Crippen molar-refractivity contribution in [2.75, 3.05) is 0 Å². The Labute approximate surface area is 73.7 Å². The molecule has 0 radical (unpaired) electrons. The van der Waals surface area contributed by atoms with Crippen LogP contribution in [-0.2, 0) is 4.79 Å². The third kappa shape index (κ3) is 2.21. The molecule has 3 unspecified atom stereocenters. The normalized spacial score (nSPS) is 30.1. The van der Waals surface area contributed by atoms with Crippen molar-refractivity contribution in [1.82, 2.24) is 5.32 Å². The van der Waals surface area contributed by atoms with Crippen molar-refractivity contribution in [2.24, 2.45) is 17.6 Å². The van der Waals surface area contributed by atoms with Crippen molar-refractivity contribution in [2.45, 2.75) is 39.3 Å². The summed E-state index contributed by atoms with van der Waals surface area (Å²) in [5, 5.41) is 2.92. The van der Waals surface area contributed by atoms with E-state index in [1.807, 2.05) is 6.92 Å². The fourth-order valence-electron chi connectivity index (χ4n) is 0.998. The molecule has 1 aliphatic carbocycles. The molecule has 70 valence electrons. The third-order valence-electron chi connectivity index (χ3n) is 2.58. The molecule has 1 aliphatic rings. The van der Waals surface area contributed by atoms with Crippen LogP contribution in [0.2, 0.25) is 0 Å². The molecule has 3 atom stereocenters. The minimum atomic E-state index is 0.0952. The van der Waals surface area contributed by atoms with Gasteiger partial charge in [-0.3, -0.25) is 4.79 Å². The summed E-state index contributed by atoms with van der Waals surface area (Å²) in [4.78, 5) is 11.4. The molecule has 1 amide bonds. The zero-order valence-electron chi connectivity index (χ0n) is 8.00. The molecule has 1 fully saturated rings. The molecule has 0 aliphatic heterocycles. The Morgan fingerprint density at radius 1 is 1.50 bits per heavy atom. The van der Waals surface area contributed by atoms with Crippen LogP contribution in [0.15, 0.2) is 0 Å². The van der Waals surface area contributed by atoms with Crippen molar-refractivity contribution in [3.05, 3.63) is 0 Å². The highest BCUT2D eigenvalue weighted by atomic mass is 16.2. The predicted octanol–water partition coefficient (Wildman–Crippen LogP) is 0.494. The number of amides is 1. The summed E-state index contributed by atoms with van der Waals surface area (Å²) in [6, 6.07) is 0.451. The smallest absolute Gasteiger partial charge is 0.223 e. The summed E-state index contributed by atoms with van der Waals surface area (Å²) < 4.78 is 0. The maximum absolute atomic E-state index is 11.4. The molecule has 12 heavy (non-hydrogen) atoms. The van der Waals surface area contributed by atoms with Gasteiger partial charge in [-0.1, -0.05) is 20.8 Å². The van der Waals surface area contributed by atoms with Crippen LogP contribution in [-0.4, -0.2) is 18.0 Å². The number of carbonyl (C=O) groups is 1. The Morgan fingerprint density at radius 2 is 2.00 bits per heavy atom. The lowest BCUT2D eigenvalue weighted by Gasteiger charge is -2.14. The largest absolute Gasteiger partial charge is 0.352 e. The summed E-state index contributed by atoms with van der Waals surface area (Å²) >= 11 is 0. The van der Waals surface area contributed by atoms with Crippen molar-refractivity contribution >= 4 is 5.91 Å². The van der Waals surface area contributed by atoms with Gasteiger partial charge in [0.1, 0.15) is 0 Å². The van der Waals surface area contributed by atoms with Crippen molar-refractivity contribution in [1.29, 1.82) is 0 Å². The van der Waals surface area contributed by atoms with Gasteiger partial charge in [0.25, 0.3) is 0 Å². The maximum atomic E-state index is 11.4. The highest BCUT2D eigenvalue weighted by molar-refractivity contribution is 5.79. The molecule has 0 spiro atoms. The van der Waals surface area contributed by atoms with Gasteiger partial charge >= 0.3 is 0 Å². The fourth-order valence-corrected chi connectivity index (χ4v) is 0.998. The Morgan fingerprint density at radius 3 is 2.33 bits per heavy atom. The van der Waals surface area contributed by atoms with Gasteiger partial charge in [-0.25, -0.2) is 0 Å². The van der Waals surface area contributed by atoms with Crippen LogP contribution in [0.4, 0.5) is 0 Å². The van der Waals surface area contributed by atoms with Gasteiger partial charge in [0.15, 0.2) is 0 Å². The monoisotopic (exact) mass is 170 g/mol. The minimum absolute atomic E-state index is 0.0952. The summed E-state index contributed by atoms with van der Waals surface area (Å²) in [7, 11) is 0. The lowest BCUT2D eigenvalue weighted by molar-refractivity contribution is -0.125. The average molecular weight is 170 g/mol. The molecular weight excluding hydrogens is 152 g/mol. The number of carbonyl (C=O) groups excluding carboxylic acids is 1. The predicted molar refractivity (Wildman–Crippen MR) is 48.5 cm³/mol. The van der Waals surface area contributed by atoms with E-state index in [0.29, 0.717) is 5.92 Å². The van der Waals surface area contributed by atoms with Crippen molar-refractivity contribution in [3.8, 4) is 0 Å². The SMILES string of the molecule is CC(C)C(C)C(=O)NC1CC1N. The Bertz CT molecular complexity index is 179. The Balaban J connectivity index is 2.28. The van der Waals surface area contributed by atoms with Crippen LogP contribution in [0.1, 0.15) is 27.2 Å². The quantitative estimate of drug-likeness (QED) is 0.648. The maximum Gasteiger partial charge on any atom is 0.223 e. The van der Waals surface area contributed by atoms with Gasteiger partial charge in [-0.2, -0.15) is 0 Å². The topological polar surface area (TPSA) is 55.1 Å². The van der Waals surface area contributed by atoms with E-state index < -0.39 is 0 Å². The Hall–Kier alpha value is -0.570. The van der Waals surface area contributed by atoms with Crippen molar-refractivity contribution < 1.29 is 4.79 Å². The minimum Gasteiger partial charge on any atom is -0.352 e. The third-order valence-corrected chi connectivity index (χ3v) is 2.58. The van der Waals surface area contributed by atoms with Crippen LogP contribution >= 0.6 is 0 Å². The standard InChI is InChI=1S/C9H18N2O/c1-5(2)6(3)9(12)11-8-4-7(8)10/h5-8H,4,10H2,1-3H3,(H,11,12). The lowest BCUT2D eigenvalue weighted by Crippen LogP contribution is -2.35. The molecule has 0 saturated heterocycles. The first-order valence-electron chi connectivity index (χ1n) is 4.58. The second-order valence-corrected chi connectivity index (χ2v) is 4.05.